The van der Waals surface area contributed by atoms with Crippen molar-refractivity contribution in [2.45, 2.75) is 40.2 Å². The summed E-state index contributed by atoms with van der Waals surface area (Å²) in [6.07, 6.45) is 4.15. The fourth-order valence-corrected chi connectivity index (χ4v) is 2.52. The lowest BCUT2D eigenvalue weighted by molar-refractivity contribution is 0.747. The maximum absolute atomic E-state index is 4.62. The van der Waals surface area contributed by atoms with Gasteiger partial charge in [0, 0.05) is 11.1 Å². The molecule has 0 N–H and O–H groups in total. The highest BCUT2D eigenvalue weighted by Crippen LogP contribution is 2.14. The lowest BCUT2D eigenvalue weighted by Crippen LogP contribution is -2.01. The highest BCUT2D eigenvalue weighted by Gasteiger charge is 2.05. The molecule has 3 nitrogen and oxygen atoms in total. The molecule has 0 aliphatic heterocycles. The number of imidazole rings is 1. The van der Waals surface area contributed by atoms with Crippen molar-refractivity contribution in [2.75, 3.05) is 0 Å². The predicted molar refractivity (Wildman–Crippen MR) is 66.9 cm³/mol. The van der Waals surface area contributed by atoms with Crippen molar-refractivity contribution in [3.05, 3.63) is 33.8 Å². The molecule has 0 aromatic carbocycles. The maximum Gasteiger partial charge on any atom is 0.0955 e. The van der Waals surface area contributed by atoms with Crippen LogP contribution in [0.4, 0.5) is 0 Å². The Morgan fingerprint density at radius 2 is 2.19 bits per heavy atom. The first-order valence-electron chi connectivity index (χ1n) is 5.62. The number of nitrogens with zero attached hydrogens (tertiary/aromatic N) is 3. The number of hydrogen-bond acceptors (Lipinski definition) is 3. The molecule has 0 aliphatic carbocycles. The third-order valence-electron chi connectivity index (χ3n) is 2.74. The Morgan fingerprint density at radius 1 is 1.38 bits per heavy atom. The van der Waals surface area contributed by atoms with Crippen LogP contribution in [0.1, 0.15) is 35.4 Å². The van der Waals surface area contributed by atoms with E-state index in [2.05, 4.69) is 33.8 Å². The van der Waals surface area contributed by atoms with Gasteiger partial charge in [0.15, 0.2) is 0 Å². The Morgan fingerprint density at radius 3 is 2.81 bits per heavy atom. The molecule has 0 saturated carbocycles. The minimum absolute atomic E-state index is 0.840. The van der Waals surface area contributed by atoms with Crippen LogP contribution >= 0.6 is 11.3 Å². The third-order valence-corrected chi connectivity index (χ3v) is 3.70. The second-order valence-electron chi connectivity index (χ2n) is 4.03. The predicted octanol–water partition coefficient (Wildman–Crippen LogP) is 2.96. The van der Waals surface area contributed by atoms with Gasteiger partial charge in [-0.3, -0.25) is 0 Å². The van der Waals surface area contributed by atoms with Gasteiger partial charge in [-0.15, -0.1) is 11.3 Å². The van der Waals surface area contributed by atoms with Crippen molar-refractivity contribution in [1.29, 1.82) is 0 Å². The van der Waals surface area contributed by atoms with Crippen LogP contribution in [0, 0.1) is 13.8 Å². The molecule has 0 spiro atoms. The van der Waals surface area contributed by atoms with E-state index in [1.54, 1.807) is 11.3 Å². The molecule has 4 heteroatoms. The van der Waals surface area contributed by atoms with E-state index in [-0.39, 0.29) is 0 Å². The number of rotatable bonds is 4. The van der Waals surface area contributed by atoms with Gasteiger partial charge in [-0.25, -0.2) is 9.97 Å². The van der Waals surface area contributed by atoms with E-state index in [1.165, 1.54) is 10.7 Å². The molecule has 0 aliphatic rings. The van der Waals surface area contributed by atoms with Gasteiger partial charge in [0.05, 0.1) is 29.3 Å². The monoisotopic (exact) mass is 235 g/mol. The zero-order valence-corrected chi connectivity index (χ0v) is 10.8. The molecule has 0 fully saturated rings. The molecule has 0 saturated heterocycles. The van der Waals surface area contributed by atoms with Crippen LogP contribution in [0.15, 0.2) is 11.7 Å². The van der Waals surface area contributed by atoms with Gasteiger partial charge in [0.2, 0.25) is 0 Å². The summed E-state index contributed by atoms with van der Waals surface area (Å²) in [5.74, 6) is 0. The molecule has 0 amide bonds. The smallest absolute Gasteiger partial charge is 0.0955 e. The average Bonchev–Trinajstić information content (AvgIpc) is 2.82. The van der Waals surface area contributed by atoms with Crippen LogP contribution in [0.2, 0.25) is 0 Å². The van der Waals surface area contributed by atoms with Gasteiger partial charge in [0.1, 0.15) is 0 Å². The number of aryl methyl sites for hydroxylation is 2. The molecule has 2 aromatic rings. The molecular weight excluding hydrogens is 218 g/mol. The minimum atomic E-state index is 0.840. The van der Waals surface area contributed by atoms with Crippen LogP contribution in [0.25, 0.3) is 0 Å². The Hall–Kier alpha value is -1.16. The summed E-state index contributed by atoms with van der Waals surface area (Å²) in [5, 5.41) is 3.40. The first-order valence-corrected chi connectivity index (χ1v) is 6.50. The number of hydrogen-bond donors (Lipinski definition) is 0. The van der Waals surface area contributed by atoms with Crippen LogP contribution in [0.3, 0.4) is 0 Å². The van der Waals surface area contributed by atoms with Crippen LogP contribution in [-0.2, 0) is 13.0 Å². The van der Waals surface area contributed by atoms with Gasteiger partial charge in [0.25, 0.3) is 0 Å². The molecular formula is C12H17N3S. The van der Waals surface area contributed by atoms with E-state index >= 15 is 0 Å². The summed E-state index contributed by atoms with van der Waals surface area (Å²) < 4.78 is 2.15. The van der Waals surface area contributed by atoms with E-state index in [0.717, 1.165) is 30.8 Å². The molecule has 2 rings (SSSR count). The minimum Gasteiger partial charge on any atom is -0.329 e. The highest BCUT2D eigenvalue weighted by molar-refractivity contribution is 7.09. The lowest BCUT2D eigenvalue weighted by atomic mass is 10.3. The normalized spacial score (nSPS) is 10.9. The fourth-order valence-electron chi connectivity index (χ4n) is 1.63. The summed E-state index contributed by atoms with van der Waals surface area (Å²) in [6.45, 7) is 7.16. The SMILES string of the molecule is CCCc1nc(Cn2cnc(C)c2C)cs1. The van der Waals surface area contributed by atoms with Crippen LogP contribution in [0.5, 0.6) is 0 Å². The van der Waals surface area contributed by atoms with Crippen LogP contribution in [-0.4, -0.2) is 14.5 Å². The van der Waals surface area contributed by atoms with E-state index in [0.29, 0.717) is 0 Å². The van der Waals surface area contributed by atoms with E-state index < -0.39 is 0 Å². The van der Waals surface area contributed by atoms with Gasteiger partial charge >= 0.3 is 0 Å². The summed E-state index contributed by atoms with van der Waals surface area (Å²) >= 11 is 1.76. The average molecular weight is 235 g/mol. The summed E-state index contributed by atoms with van der Waals surface area (Å²) in [7, 11) is 0. The topological polar surface area (TPSA) is 30.7 Å². The van der Waals surface area contributed by atoms with E-state index in [1.807, 2.05) is 13.3 Å². The summed E-state index contributed by atoms with van der Waals surface area (Å²) in [6, 6.07) is 0. The van der Waals surface area contributed by atoms with Gasteiger partial charge in [-0.2, -0.15) is 0 Å². The molecule has 0 unspecified atom stereocenters. The highest BCUT2D eigenvalue weighted by atomic mass is 32.1. The molecule has 0 bridgehead atoms. The number of thiazole rings is 1. The molecule has 2 heterocycles. The molecule has 0 atom stereocenters. The molecule has 2 aromatic heterocycles. The Balaban J connectivity index is 2.11. The zero-order chi connectivity index (χ0) is 11.5. The van der Waals surface area contributed by atoms with Gasteiger partial charge in [-0.05, 0) is 26.7 Å². The quantitative estimate of drug-likeness (QED) is 0.815. The zero-order valence-electron chi connectivity index (χ0n) is 10.0. The van der Waals surface area contributed by atoms with Crippen molar-refractivity contribution in [3.63, 3.8) is 0 Å². The van der Waals surface area contributed by atoms with Crippen molar-refractivity contribution < 1.29 is 0 Å². The summed E-state index contributed by atoms with van der Waals surface area (Å²) in [4.78, 5) is 8.91. The van der Waals surface area contributed by atoms with Gasteiger partial charge < -0.3 is 4.57 Å². The number of aromatic nitrogens is 3. The fraction of sp³-hybridized carbons (Fsp3) is 0.500. The maximum atomic E-state index is 4.62. The molecule has 16 heavy (non-hydrogen) atoms. The lowest BCUT2D eigenvalue weighted by Gasteiger charge is -2.02. The Labute approximate surface area is 100 Å². The summed E-state index contributed by atoms with van der Waals surface area (Å²) in [5.41, 5.74) is 3.48. The standard InChI is InChI=1S/C12H17N3S/c1-4-5-12-14-11(7-16-12)6-15-8-13-9(2)10(15)3/h7-8H,4-6H2,1-3H3. The molecule has 86 valence electrons. The van der Waals surface area contributed by atoms with E-state index in [9.17, 15) is 0 Å². The Bertz CT molecular complexity index is 470. The van der Waals surface area contributed by atoms with E-state index in [4.69, 9.17) is 0 Å². The first kappa shape index (κ1) is 11.3. The van der Waals surface area contributed by atoms with Crippen LogP contribution < -0.4 is 0 Å². The second kappa shape index (κ2) is 4.78. The largest absolute Gasteiger partial charge is 0.329 e. The second-order valence-corrected chi connectivity index (χ2v) is 4.97. The first-order chi connectivity index (χ1) is 7.70. The van der Waals surface area contributed by atoms with Gasteiger partial charge in [-0.1, -0.05) is 6.92 Å². The molecule has 0 radical (unpaired) electrons. The van der Waals surface area contributed by atoms with Crippen molar-refractivity contribution in [2.24, 2.45) is 0 Å². The van der Waals surface area contributed by atoms with Crippen molar-refractivity contribution in [1.82, 2.24) is 14.5 Å². The Kier molecular flexibility index (Phi) is 3.39. The van der Waals surface area contributed by atoms with Crippen molar-refractivity contribution >= 4 is 11.3 Å². The van der Waals surface area contributed by atoms with Crippen molar-refractivity contribution in [3.8, 4) is 0 Å². The third kappa shape index (κ3) is 2.32.